The fraction of sp³-hybridized carbons (Fsp3) is 0.222. The Labute approximate surface area is 118 Å². The Balaban J connectivity index is 1.81. The van der Waals surface area contributed by atoms with Crippen molar-refractivity contribution in [2.45, 2.75) is 25.7 Å². The van der Waals surface area contributed by atoms with Gasteiger partial charge in [0.25, 0.3) is 0 Å². The summed E-state index contributed by atoms with van der Waals surface area (Å²) >= 11 is 0. The Morgan fingerprint density at radius 3 is 1.53 bits per heavy atom. The molecular weight excluding hydrogens is 247 g/mol. The normalized spacial score (nSPS) is 10.2. The lowest BCUT2D eigenvalue weighted by Gasteiger charge is -2.07. The van der Waals surface area contributed by atoms with Crippen LogP contribution in [-0.2, 0) is 12.8 Å². The van der Waals surface area contributed by atoms with Gasteiger partial charge in [-0.2, -0.15) is 0 Å². The van der Waals surface area contributed by atoms with E-state index in [1.54, 1.807) is 0 Å². The van der Waals surface area contributed by atoms with Crippen molar-refractivity contribution in [1.29, 1.82) is 0 Å². The van der Waals surface area contributed by atoms with Crippen molar-refractivity contribution in [3.8, 4) is 0 Å². The summed E-state index contributed by atoms with van der Waals surface area (Å²) in [7, 11) is 2.75. The van der Waals surface area contributed by atoms with Gasteiger partial charge in [0, 0.05) is 0 Å². The van der Waals surface area contributed by atoms with Crippen LogP contribution in [0.3, 0.4) is 0 Å². The van der Waals surface area contributed by atoms with Crippen LogP contribution in [0.1, 0.15) is 24.0 Å². The Morgan fingerprint density at radius 2 is 1.16 bits per heavy atom. The van der Waals surface area contributed by atoms with Crippen LogP contribution in [0.5, 0.6) is 0 Å². The zero-order valence-corrected chi connectivity index (χ0v) is 12.4. The van der Waals surface area contributed by atoms with Gasteiger partial charge in [-0.25, -0.2) is 0 Å². The van der Waals surface area contributed by atoms with Crippen molar-refractivity contribution < 1.29 is 0 Å². The van der Waals surface area contributed by atoms with Gasteiger partial charge >= 0.3 is 0 Å². The van der Waals surface area contributed by atoms with Crippen molar-refractivity contribution >= 4 is 9.24 Å². The lowest BCUT2D eigenvalue weighted by Crippen LogP contribution is -1.92. The van der Waals surface area contributed by atoms with Crippen LogP contribution in [0, 0.1) is 0 Å². The molecular formula is C18H21P. The molecule has 0 heterocycles. The third-order valence-electron chi connectivity index (χ3n) is 3.39. The molecule has 0 saturated carbocycles. The SMILES string of the molecule is PC=C(CCc1ccccc1)CCc1ccccc1. The van der Waals surface area contributed by atoms with E-state index in [0.717, 1.165) is 25.7 Å². The smallest absolute Gasteiger partial charge is 0.0241 e. The van der Waals surface area contributed by atoms with Gasteiger partial charge in [0.1, 0.15) is 0 Å². The first-order valence-electron chi connectivity index (χ1n) is 6.86. The molecule has 0 fully saturated rings. The summed E-state index contributed by atoms with van der Waals surface area (Å²) in [5.41, 5.74) is 4.37. The van der Waals surface area contributed by atoms with Gasteiger partial charge in [0.15, 0.2) is 0 Å². The number of benzene rings is 2. The van der Waals surface area contributed by atoms with E-state index in [0.29, 0.717) is 0 Å². The number of aryl methyl sites for hydroxylation is 2. The first-order chi connectivity index (χ1) is 9.38. The van der Waals surface area contributed by atoms with Crippen LogP contribution < -0.4 is 0 Å². The van der Waals surface area contributed by atoms with E-state index < -0.39 is 0 Å². The molecule has 2 rings (SSSR count). The van der Waals surface area contributed by atoms with Gasteiger partial charge in [0.05, 0.1) is 0 Å². The molecule has 0 bridgehead atoms. The maximum atomic E-state index is 2.75. The van der Waals surface area contributed by atoms with Crippen molar-refractivity contribution in [2.75, 3.05) is 0 Å². The maximum absolute atomic E-state index is 2.75. The Morgan fingerprint density at radius 1 is 0.737 bits per heavy atom. The molecule has 0 N–H and O–H groups in total. The molecule has 19 heavy (non-hydrogen) atoms. The molecule has 0 nitrogen and oxygen atoms in total. The maximum Gasteiger partial charge on any atom is -0.0241 e. The molecule has 0 aromatic heterocycles. The number of hydrogen-bond donors (Lipinski definition) is 0. The van der Waals surface area contributed by atoms with E-state index >= 15 is 0 Å². The standard InChI is InChI=1S/C18H21P/c19-15-18(13-11-16-7-3-1-4-8-16)14-12-17-9-5-2-6-10-17/h1-10,15H,11-14,19H2. The minimum Gasteiger partial charge on any atom is -0.114 e. The van der Waals surface area contributed by atoms with Gasteiger partial charge in [-0.3, -0.25) is 0 Å². The molecule has 0 aliphatic rings. The monoisotopic (exact) mass is 268 g/mol. The van der Waals surface area contributed by atoms with E-state index in [1.165, 1.54) is 16.7 Å². The third kappa shape index (κ3) is 5.01. The van der Waals surface area contributed by atoms with Crippen LogP contribution in [0.15, 0.2) is 72.1 Å². The molecule has 0 spiro atoms. The largest absolute Gasteiger partial charge is 0.114 e. The third-order valence-corrected chi connectivity index (χ3v) is 3.86. The Bertz CT molecular complexity index is 454. The lowest BCUT2D eigenvalue weighted by molar-refractivity contribution is 0.838. The molecule has 2 aromatic carbocycles. The average molecular weight is 268 g/mol. The van der Waals surface area contributed by atoms with Gasteiger partial charge < -0.3 is 0 Å². The van der Waals surface area contributed by atoms with Crippen LogP contribution in [-0.4, -0.2) is 0 Å². The Hall–Kier alpha value is -1.39. The zero-order chi connectivity index (χ0) is 13.3. The molecule has 98 valence electrons. The number of hydrogen-bond acceptors (Lipinski definition) is 0. The molecule has 0 aliphatic carbocycles. The molecule has 2 aromatic rings. The molecule has 1 heteroatoms. The van der Waals surface area contributed by atoms with Gasteiger partial charge in [-0.15, -0.1) is 9.24 Å². The van der Waals surface area contributed by atoms with Crippen LogP contribution in [0.2, 0.25) is 0 Å². The van der Waals surface area contributed by atoms with Crippen LogP contribution in [0.4, 0.5) is 0 Å². The molecule has 1 unspecified atom stereocenters. The summed E-state index contributed by atoms with van der Waals surface area (Å²) in [4.78, 5) is 0. The topological polar surface area (TPSA) is 0 Å². The second-order valence-corrected chi connectivity index (χ2v) is 5.13. The quantitative estimate of drug-likeness (QED) is 0.646. The van der Waals surface area contributed by atoms with E-state index in [-0.39, 0.29) is 0 Å². The predicted molar refractivity (Wildman–Crippen MR) is 87.3 cm³/mol. The van der Waals surface area contributed by atoms with Gasteiger partial charge in [0.2, 0.25) is 0 Å². The molecule has 0 aliphatic heterocycles. The average Bonchev–Trinajstić information content (AvgIpc) is 2.49. The summed E-state index contributed by atoms with van der Waals surface area (Å²) in [6.45, 7) is 0. The number of allylic oxidation sites excluding steroid dienone is 1. The van der Waals surface area contributed by atoms with Gasteiger partial charge in [-0.05, 0) is 36.8 Å². The van der Waals surface area contributed by atoms with E-state index in [1.807, 2.05) is 0 Å². The second kappa shape index (κ2) is 7.92. The minimum atomic E-state index is 1.13. The van der Waals surface area contributed by atoms with Crippen molar-refractivity contribution in [3.05, 3.63) is 83.2 Å². The van der Waals surface area contributed by atoms with Crippen LogP contribution >= 0.6 is 9.24 Å². The first-order valence-corrected chi connectivity index (χ1v) is 7.52. The van der Waals surface area contributed by atoms with E-state index in [2.05, 4.69) is 75.7 Å². The van der Waals surface area contributed by atoms with Crippen molar-refractivity contribution in [3.63, 3.8) is 0 Å². The summed E-state index contributed by atoms with van der Waals surface area (Å²) in [5, 5.41) is 0. The second-order valence-electron chi connectivity index (χ2n) is 4.80. The number of rotatable bonds is 6. The van der Waals surface area contributed by atoms with E-state index in [4.69, 9.17) is 0 Å². The summed E-state index contributed by atoms with van der Waals surface area (Å²) in [6.07, 6.45) is 4.58. The summed E-state index contributed by atoms with van der Waals surface area (Å²) in [5.74, 6) is 2.20. The lowest BCUT2D eigenvalue weighted by atomic mass is 10.00. The van der Waals surface area contributed by atoms with Crippen molar-refractivity contribution in [2.24, 2.45) is 0 Å². The zero-order valence-electron chi connectivity index (χ0n) is 11.3. The molecule has 0 amide bonds. The van der Waals surface area contributed by atoms with Gasteiger partial charge in [-0.1, -0.05) is 72.1 Å². The highest BCUT2D eigenvalue weighted by Crippen LogP contribution is 2.17. The first kappa shape index (κ1) is 14.0. The molecule has 0 radical (unpaired) electrons. The summed E-state index contributed by atoms with van der Waals surface area (Å²) in [6, 6.07) is 21.4. The highest BCUT2D eigenvalue weighted by molar-refractivity contribution is 7.20. The van der Waals surface area contributed by atoms with Crippen molar-refractivity contribution in [1.82, 2.24) is 0 Å². The molecule has 0 saturated heterocycles. The predicted octanol–water partition coefficient (Wildman–Crippen LogP) is 5.01. The fourth-order valence-corrected chi connectivity index (χ4v) is 2.52. The van der Waals surface area contributed by atoms with E-state index in [9.17, 15) is 0 Å². The minimum absolute atomic E-state index is 1.13. The Kier molecular flexibility index (Phi) is 5.85. The highest BCUT2D eigenvalue weighted by atomic mass is 31.0. The highest BCUT2D eigenvalue weighted by Gasteiger charge is 2.00. The molecule has 1 atom stereocenters. The van der Waals surface area contributed by atoms with Crippen LogP contribution in [0.25, 0.3) is 0 Å². The summed E-state index contributed by atoms with van der Waals surface area (Å²) < 4.78 is 0. The fourth-order valence-electron chi connectivity index (χ4n) is 2.19.